The van der Waals surface area contributed by atoms with Crippen LogP contribution >= 0.6 is 0 Å². The first-order valence-corrected chi connectivity index (χ1v) is 14.2. The van der Waals surface area contributed by atoms with Gasteiger partial charge in [0.2, 0.25) is 0 Å². The van der Waals surface area contributed by atoms with Crippen LogP contribution in [0.25, 0.3) is 22.5 Å². The molecule has 0 saturated heterocycles. The second-order valence-corrected chi connectivity index (χ2v) is 12.1. The summed E-state index contributed by atoms with van der Waals surface area (Å²) in [5.41, 5.74) is 5.30. The van der Waals surface area contributed by atoms with Crippen LogP contribution in [0.5, 0.6) is 0 Å². The van der Waals surface area contributed by atoms with Gasteiger partial charge in [-0.1, -0.05) is 25.1 Å². The average Bonchev–Trinajstić information content (AvgIpc) is 3.62. The maximum Gasteiger partial charge on any atom is 0.256 e. The molecule has 9 nitrogen and oxygen atoms in total. The van der Waals surface area contributed by atoms with Gasteiger partial charge in [-0.15, -0.1) is 10.2 Å². The van der Waals surface area contributed by atoms with E-state index in [2.05, 4.69) is 46.7 Å². The number of aryl methyl sites for hydroxylation is 1. The maximum atomic E-state index is 13.9. The van der Waals surface area contributed by atoms with Crippen molar-refractivity contribution in [3.63, 3.8) is 0 Å². The quantitative estimate of drug-likeness (QED) is 0.434. The number of aliphatic hydroxyl groups is 1. The maximum absolute atomic E-state index is 13.9. The topological polar surface area (TPSA) is 120 Å². The molecule has 9 heteroatoms. The Labute approximate surface area is 240 Å². The SMILES string of the molecule is CC1C2=C(C=CC1CNCC(C)(C)O)CN(c1cc(-c3ccc(C#N)cc3-c3nncn3C)cc(C3CC3)n1)C2=O. The van der Waals surface area contributed by atoms with Crippen molar-refractivity contribution >= 4 is 11.7 Å². The van der Waals surface area contributed by atoms with Gasteiger partial charge in [0.05, 0.1) is 23.8 Å². The first-order valence-electron chi connectivity index (χ1n) is 14.2. The van der Waals surface area contributed by atoms with Crippen molar-refractivity contribution < 1.29 is 9.90 Å². The van der Waals surface area contributed by atoms with E-state index < -0.39 is 5.60 Å². The number of carbonyl (C=O) groups is 1. The second-order valence-electron chi connectivity index (χ2n) is 12.1. The molecular weight excluding hydrogens is 514 g/mol. The zero-order chi connectivity index (χ0) is 28.9. The van der Waals surface area contributed by atoms with E-state index >= 15 is 0 Å². The van der Waals surface area contributed by atoms with Crippen molar-refractivity contribution in [3.8, 4) is 28.6 Å². The summed E-state index contributed by atoms with van der Waals surface area (Å²) in [6.07, 6.45) is 8.08. The minimum absolute atomic E-state index is 0.00379. The molecule has 0 spiro atoms. The summed E-state index contributed by atoms with van der Waals surface area (Å²) in [4.78, 5) is 20.7. The van der Waals surface area contributed by atoms with Crippen LogP contribution in [0.15, 0.2) is 60.0 Å². The van der Waals surface area contributed by atoms with Gasteiger partial charge >= 0.3 is 0 Å². The number of benzene rings is 1. The van der Waals surface area contributed by atoms with E-state index in [1.807, 2.05) is 35.9 Å². The van der Waals surface area contributed by atoms with Crippen LogP contribution in [0.3, 0.4) is 0 Å². The highest BCUT2D eigenvalue weighted by molar-refractivity contribution is 6.10. The van der Waals surface area contributed by atoms with Gasteiger partial charge in [-0.3, -0.25) is 9.69 Å². The molecule has 1 saturated carbocycles. The lowest BCUT2D eigenvalue weighted by atomic mass is 9.81. The highest BCUT2D eigenvalue weighted by atomic mass is 16.3. The summed E-state index contributed by atoms with van der Waals surface area (Å²) in [5, 5.41) is 31.4. The van der Waals surface area contributed by atoms with E-state index in [0.717, 1.165) is 46.4 Å². The largest absolute Gasteiger partial charge is 0.389 e. The average molecular weight is 550 g/mol. The zero-order valence-electron chi connectivity index (χ0n) is 23.9. The molecule has 3 heterocycles. The van der Waals surface area contributed by atoms with Gasteiger partial charge in [0.15, 0.2) is 5.82 Å². The normalized spacial score (nSPS) is 20.5. The van der Waals surface area contributed by atoms with Gasteiger partial charge in [-0.25, -0.2) is 4.98 Å². The van der Waals surface area contributed by atoms with Crippen LogP contribution in [0.2, 0.25) is 0 Å². The summed E-state index contributed by atoms with van der Waals surface area (Å²) in [6.45, 7) is 7.34. The monoisotopic (exact) mass is 549 g/mol. The number of rotatable bonds is 8. The predicted molar refractivity (Wildman–Crippen MR) is 157 cm³/mol. The summed E-state index contributed by atoms with van der Waals surface area (Å²) in [7, 11) is 1.88. The molecule has 2 aromatic heterocycles. The van der Waals surface area contributed by atoms with Crippen molar-refractivity contribution in [2.45, 2.75) is 45.1 Å². The fraction of sp³-hybridized carbons (Fsp3) is 0.406. The minimum atomic E-state index is -0.788. The Morgan fingerprint density at radius 1 is 1.20 bits per heavy atom. The first-order chi connectivity index (χ1) is 19.6. The van der Waals surface area contributed by atoms with Crippen molar-refractivity contribution in [2.24, 2.45) is 18.9 Å². The van der Waals surface area contributed by atoms with Crippen molar-refractivity contribution in [3.05, 3.63) is 71.2 Å². The molecule has 210 valence electrons. The summed E-state index contributed by atoms with van der Waals surface area (Å²) in [5.74, 6) is 1.91. The number of aromatic nitrogens is 4. The van der Waals surface area contributed by atoms with E-state index in [0.29, 0.717) is 42.8 Å². The van der Waals surface area contributed by atoms with Gasteiger partial charge in [-0.05, 0) is 79.5 Å². The predicted octanol–water partition coefficient (Wildman–Crippen LogP) is 4.12. The molecule has 3 aliphatic rings. The standard InChI is InChI=1S/C32H35N7O2/c1-19-22(15-34-17-32(2,3)41)8-9-23-16-39(31(40)29(19)23)28-13-24(12-27(36-28)21-6-7-21)25-10-5-20(14-33)11-26(25)30-37-35-18-38(30)4/h5,8-13,18-19,21-22,34,41H,6-7,15-17H2,1-4H3. The molecule has 2 atom stereocenters. The Kier molecular flexibility index (Phi) is 6.84. The third-order valence-electron chi connectivity index (χ3n) is 8.25. The zero-order valence-corrected chi connectivity index (χ0v) is 23.9. The molecule has 2 aliphatic carbocycles. The minimum Gasteiger partial charge on any atom is -0.389 e. The third kappa shape index (κ3) is 5.33. The number of nitrogens with zero attached hydrogens (tertiary/aromatic N) is 6. The molecule has 6 rings (SSSR count). The molecule has 3 aromatic rings. The molecule has 2 unspecified atom stereocenters. The Balaban J connectivity index is 1.33. The summed E-state index contributed by atoms with van der Waals surface area (Å²) >= 11 is 0. The van der Waals surface area contributed by atoms with Crippen LogP contribution < -0.4 is 10.2 Å². The lowest BCUT2D eigenvalue weighted by Crippen LogP contribution is -2.39. The van der Waals surface area contributed by atoms with Crippen molar-refractivity contribution in [2.75, 3.05) is 24.5 Å². The Bertz CT molecular complexity index is 1620. The highest BCUT2D eigenvalue weighted by Gasteiger charge is 2.39. The van der Waals surface area contributed by atoms with Crippen molar-refractivity contribution in [1.29, 1.82) is 5.26 Å². The molecule has 0 bridgehead atoms. The van der Waals surface area contributed by atoms with Crippen LogP contribution in [0, 0.1) is 23.2 Å². The Morgan fingerprint density at radius 3 is 2.68 bits per heavy atom. The van der Waals surface area contributed by atoms with Gasteiger partial charge in [0.25, 0.3) is 5.91 Å². The van der Waals surface area contributed by atoms with Crippen LogP contribution in [0.4, 0.5) is 5.82 Å². The molecule has 1 fully saturated rings. The van der Waals surface area contributed by atoms with Crippen molar-refractivity contribution in [1.82, 2.24) is 25.1 Å². The summed E-state index contributed by atoms with van der Waals surface area (Å²) in [6, 6.07) is 11.9. The smallest absolute Gasteiger partial charge is 0.256 e. The molecule has 1 amide bonds. The fourth-order valence-electron chi connectivity index (χ4n) is 5.83. The number of nitrogens with one attached hydrogen (secondary N) is 1. The van der Waals surface area contributed by atoms with E-state index in [1.54, 1.807) is 25.1 Å². The molecule has 1 aromatic carbocycles. The van der Waals surface area contributed by atoms with E-state index in [4.69, 9.17) is 4.98 Å². The van der Waals surface area contributed by atoms with Gasteiger partial charge in [0, 0.05) is 42.9 Å². The number of nitriles is 1. The number of hydrogen-bond acceptors (Lipinski definition) is 7. The van der Waals surface area contributed by atoms with E-state index in [1.165, 1.54) is 0 Å². The molecular formula is C32H35N7O2. The van der Waals surface area contributed by atoms with E-state index in [9.17, 15) is 15.2 Å². The fourth-order valence-corrected chi connectivity index (χ4v) is 5.83. The van der Waals surface area contributed by atoms with Crippen LogP contribution in [0.1, 0.15) is 50.8 Å². The Hall–Kier alpha value is -4.13. The number of amides is 1. The number of carbonyl (C=O) groups excluding carboxylic acids is 1. The molecule has 2 N–H and O–H groups in total. The summed E-state index contributed by atoms with van der Waals surface area (Å²) < 4.78 is 1.84. The molecule has 0 radical (unpaired) electrons. The van der Waals surface area contributed by atoms with E-state index in [-0.39, 0.29) is 17.7 Å². The Morgan fingerprint density at radius 2 is 2.00 bits per heavy atom. The van der Waals surface area contributed by atoms with Gasteiger partial charge in [0.1, 0.15) is 12.1 Å². The van der Waals surface area contributed by atoms with Crippen LogP contribution in [-0.2, 0) is 11.8 Å². The van der Waals surface area contributed by atoms with Gasteiger partial charge < -0.3 is 15.0 Å². The van der Waals surface area contributed by atoms with Crippen LogP contribution in [-0.4, -0.2) is 56.0 Å². The number of anilines is 1. The number of hydrogen-bond donors (Lipinski definition) is 2. The number of pyridine rings is 1. The van der Waals surface area contributed by atoms with Gasteiger partial charge in [-0.2, -0.15) is 5.26 Å². The molecule has 41 heavy (non-hydrogen) atoms. The third-order valence-corrected chi connectivity index (χ3v) is 8.25. The lowest BCUT2D eigenvalue weighted by Gasteiger charge is -2.27. The highest BCUT2D eigenvalue weighted by Crippen LogP contribution is 2.44. The molecule has 1 aliphatic heterocycles. The lowest BCUT2D eigenvalue weighted by molar-refractivity contribution is -0.115. The first kappa shape index (κ1) is 27.1. The second kappa shape index (κ2) is 10.4.